The number of carboxylic acid groups (broad SMARTS) is 1. The molecular formula is C12H15FN4O3. The van der Waals surface area contributed by atoms with E-state index < -0.39 is 17.9 Å². The van der Waals surface area contributed by atoms with Crippen LogP contribution in [0.5, 0.6) is 0 Å². The summed E-state index contributed by atoms with van der Waals surface area (Å²) < 4.78 is 13.4. The molecule has 0 radical (unpaired) electrons. The van der Waals surface area contributed by atoms with Crippen LogP contribution in [-0.4, -0.2) is 46.2 Å². The van der Waals surface area contributed by atoms with E-state index in [1.807, 2.05) is 0 Å². The van der Waals surface area contributed by atoms with Crippen molar-refractivity contribution in [3.05, 3.63) is 24.1 Å². The molecule has 0 bridgehead atoms. The molecule has 2 rings (SSSR count). The highest BCUT2D eigenvalue weighted by atomic mass is 19.1. The Balaban J connectivity index is 1.86. The molecule has 1 fully saturated rings. The molecule has 1 aromatic rings. The quantitative estimate of drug-likeness (QED) is 0.765. The maximum absolute atomic E-state index is 13.4. The second-order valence-electron chi connectivity index (χ2n) is 4.47. The van der Waals surface area contributed by atoms with E-state index in [0.717, 1.165) is 0 Å². The largest absolute Gasteiger partial charge is 0.465 e. The minimum absolute atomic E-state index is 0.108. The lowest BCUT2D eigenvalue weighted by atomic mass is 10.1. The zero-order valence-corrected chi connectivity index (χ0v) is 10.7. The summed E-state index contributed by atoms with van der Waals surface area (Å²) in [5.74, 6) is -0.702. The van der Waals surface area contributed by atoms with Crippen LogP contribution in [0.4, 0.5) is 19.8 Å². The number of hydrogen-bond donors (Lipinski definition) is 3. The molecule has 1 saturated heterocycles. The Labute approximate surface area is 114 Å². The first-order valence-corrected chi connectivity index (χ1v) is 6.22. The third-order valence-corrected chi connectivity index (χ3v) is 3.09. The van der Waals surface area contributed by atoms with Crippen LogP contribution < -0.4 is 10.6 Å². The normalized spacial score (nSPS) is 15.8. The molecule has 2 heterocycles. The van der Waals surface area contributed by atoms with Crippen LogP contribution in [0.25, 0.3) is 0 Å². The molecule has 108 valence electrons. The summed E-state index contributed by atoms with van der Waals surface area (Å²) in [4.78, 5) is 27.7. The Morgan fingerprint density at radius 3 is 2.70 bits per heavy atom. The molecule has 1 aromatic heterocycles. The van der Waals surface area contributed by atoms with Gasteiger partial charge in [0.05, 0.1) is 0 Å². The minimum Gasteiger partial charge on any atom is -0.465 e. The molecular weight excluding hydrogens is 267 g/mol. The summed E-state index contributed by atoms with van der Waals surface area (Å²) in [5, 5.41) is 13.4. The van der Waals surface area contributed by atoms with E-state index in [0.29, 0.717) is 25.9 Å². The van der Waals surface area contributed by atoms with Gasteiger partial charge in [0.2, 0.25) is 0 Å². The molecule has 1 aliphatic heterocycles. The summed E-state index contributed by atoms with van der Waals surface area (Å²) in [7, 11) is 0. The number of anilines is 1. The van der Waals surface area contributed by atoms with Gasteiger partial charge in [0, 0.05) is 25.3 Å². The SMILES string of the molecule is O=C(O)NC1CCN(C(=O)Nc2ncccc2F)CC1. The Hall–Kier alpha value is -2.38. The van der Waals surface area contributed by atoms with Gasteiger partial charge in [-0.05, 0) is 25.0 Å². The molecule has 0 atom stereocenters. The van der Waals surface area contributed by atoms with Crippen LogP contribution in [0.1, 0.15) is 12.8 Å². The van der Waals surface area contributed by atoms with E-state index in [1.165, 1.54) is 23.2 Å². The number of amides is 3. The van der Waals surface area contributed by atoms with Gasteiger partial charge in [-0.1, -0.05) is 0 Å². The number of likely N-dealkylation sites (tertiary alicyclic amines) is 1. The van der Waals surface area contributed by atoms with E-state index in [4.69, 9.17) is 5.11 Å². The lowest BCUT2D eigenvalue weighted by Crippen LogP contribution is -2.47. The van der Waals surface area contributed by atoms with E-state index >= 15 is 0 Å². The fourth-order valence-electron chi connectivity index (χ4n) is 2.06. The van der Waals surface area contributed by atoms with Crippen LogP contribution in [0.3, 0.4) is 0 Å². The topological polar surface area (TPSA) is 94.6 Å². The molecule has 0 aromatic carbocycles. The first kappa shape index (κ1) is 14.0. The van der Waals surface area contributed by atoms with Crippen LogP contribution in [0.2, 0.25) is 0 Å². The Morgan fingerprint density at radius 1 is 1.40 bits per heavy atom. The Bertz CT molecular complexity index is 503. The number of pyridine rings is 1. The third kappa shape index (κ3) is 3.56. The number of hydrogen-bond acceptors (Lipinski definition) is 3. The smallest absolute Gasteiger partial charge is 0.404 e. The maximum Gasteiger partial charge on any atom is 0.404 e. The molecule has 0 spiro atoms. The van der Waals surface area contributed by atoms with Crippen LogP contribution in [0, 0.1) is 5.82 Å². The zero-order chi connectivity index (χ0) is 14.5. The van der Waals surface area contributed by atoms with E-state index in [2.05, 4.69) is 15.6 Å². The summed E-state index contributed by atoms with van der Waals surface area (Å²) >= 11 is 0. The maximum atomic E-state index is 13.4. The van der Waals surface area contributed by atoms with Crippen molar-refractivity contribution < 1.29 is 19.1 Å². The predicted octanol–water partition coefficient (Wildman–Crippen LogP) is 1.48. The zero-order valence-electron chi connectivity index (χ0n) is 10.7. The molecule has 0 aliphatic carbocycles. The lowest BCUT2D eigenvalue weighted by Gasteiger charge is -2.31. The van der Waals surface area contributed by atoms with Gasteiger partial charge in [-0.2, -0.15) is 0 Å². The number of nitrogens with one attached hydrogen (secondary N) is 2. The second kappa shape index (κ2) is 6.18. The molecule has 1 aliphatic rings. The van der Waals surface area contributed by atoms with E-state index in [9.17, 15) is 14.0 Å². The minimum atomic E-state index is -1.07. The van der Waals surface area contributed by atoms with E-state index in [1.54, 1.807) is 0 Å². The Kier molecular flexibility index (Phi) is 4.34. The number of carbonyl (C=O) groups excluding carboxylic acids is 1. The van der Waals surface area contributed by atoms with Crippen molar-refractivity contribution in [3.63, 3.8) is 0 Å². The lowest BCUT2D eigenvalue weighted by molar-refractivity contribution is 0.171. The predicted molar refractivity (Wildman–Crippen MR) is 69.0 cm³/mol. The number of aromatic nitrogens is 1. The van der Waals surface area contributed by atoms with Gasteiger partial charge in [0.15, 0.2) is 11.6 Å². The molecule has 20 heavy (non-hydrogen) atoms. The van der Waals surface area contributed by atoms with Crippen molar-refractivity contribution in [1.29, 1.82) is 0 Å². The van der Waals surface area contributed by atoms with Crippen molar-refractivity contribution >= 4 is 17.9 Å². The van der Waals surface area contributed by atoms with Crippen LogP contribution in [0.15, 0.2) is 18.3 Å². The fourth-order valence-corrected chi connectivity index (χ4v) is 2.06. The number of urea groups is 1. The van der Waals surface area contributed by atoms with E-state index in [-0.39, 0.29) is 11.9 Å². The van der Waals surface area contributed by atoms with Crippen molar-refractivity contribution in [2.75, 3.05) is 18.4 Å². The number of halogens is 1. The molecule has 3 N–H and O–H groups in total. The highest BCUT2D eigenvalue weighted by Crippen LogP contribution is 2.14. The Morgan fingerprint density at radius 2 is 2.10 bits per heavy atom. The fraction of sp³-hybridized carbons (Fsp3) is 0.417. The van der Waals surface area contributed by atoms with Gasteiger partial charge in [-0.3, -0.25) is 5.32 Å². The third-order valence-electron chi connectivity index (χ3n) is 3.09. The average Bonchev–Trinajstić information content (AvgIpc) is 2.41. The van der Waals surface area contributed by atoms with Crippen LogP contribution in [-0.2, 0) is 0 Å². The van der Waals surface area contributed by atoms with Crippen molar-refractivity contribution in [2.24, 2.45) is 0 Å². The van der Waals surface area contributed by atoms with Crippen molar-refractivity contribution in [3.8, 4) is 0 Å². The number of rotatable bonds is 2. The number of piperidine rings is 1. The highest BCUT2D eigenvalue weighted by molar-refractivity contribution is 5.88. The molecule has 0 saturated carbocycles. The van der Waals surface area contributed by atoms with Gasteiger partial charge in [0.25, 0.3) is 0 Å². The molecule has 0 unspecified atom stereocenters. The van der Waals surface area contributed by atoms with Crippen molar-refractivity contribution in [2.45, 2.75) is 18.9 Å². The first-order chi connectivity index (χ1) is 9.56. The molecule has 7 nitrogen and oxygen atoms in total. The monoisotopic (exact) mass is 282 g/mol. The number of nitrogens with zero attached hydrogens (tertiary/aromatic N) is 2. The average molecular weight is 282 g/mol. The molecule has 8 heteroatoms. The summed E-state index contributed by atoms with van der Waals surface area (Å²) in [6.07, 6.45) is 1.39. The van der Waals surface area contributed by atoms with Gasteiger partial charge >= 0.3 is 12.1 Å². The number of carbonyl (C=O) groups is 2. The van der Waals surface area contributed by atoms with Gasteiger partial charge in [0.1, 0.15) is 0 Å². The highest BCUT2D eigenvalue weighted by Gasteiger charge is 2.24. The first-order valence-electron chi connectivity index (χ1n) is 6.22. The second-order valence-corrected chi connectivity index (χ2v) is 4.47. The van der Waals surface area contributed by atoms with Gasteiger partial charge < -0.3 is 15.3 Å². The summed E-state index contributed by atoms with van der Waals surface area (Å²) in [6.45, 7) is 0.816. The standard InChI is InChI=1S/C12H15FN4O3/c13-9-2-1-5-14-10(9)16-11(18)17-6-3-8(4-7-17)15-12(19)20/h1-2,5,8,15H,3-4,6-7H2,(H,19,20)(H,14,16,18). The van der Waals surface area contributed by atoms with Gasteiger partial charge in [-0.25, -0.2) is 19.0 Å². The van der Waals surface area contributed by atoms with Gasteiger partial charge in [-0.15, -0.1) is 0 Å². The summed E-state index contributed by atoms with van der Waals surface area (Å²) in [6, 6.07) is 2.07. The summed E-state index contributed by atoms with van der Waals surface area (Å²) in [5.41, 5.74) is 0. The van der Waals surface area contributed by atoms with Crippen LogP contribution >= 0.6 is 0 Å². The van der Waals surface area contributed by atoms with Crippen molar-refractivity contribution in [1.82, 2.24) is 15.2 Å². The molecule has 3 amide bonds.